The first-order chi connectivity index (χ1) is 15.9. The maximum atomic E-state index is 12.8. The van der Waals surface area contributed by atoms with Gasteiger partial charge in [0.05, 0.1) is 11.9 Å². The average molecular weight is 472 g/mol. The van der Waals surface area contributed by atoms with Crippen molar-refractivity contribution >= 4 is 30.1 Å². The number of nitrogens with one attached hydrogen (secondary N) is 2. The fourth-order valence-corrected chi connectivity index (χ4v) is 4.61. The molecule has 0 radical (unpaired) electrons. The van der Waals surface area contributed by atoms with E-state index in [0.29, 0.717) is 24.2 Å². The highest BCUT2D eigenvalue weighted by Crippen LogP contribution is 2.42. The van der Waals surface area contributed by atoms with Crippen molar-refractivity contribution in [3.63, 3.8) is 0 Å². The number of thiol groups is 1. The van der Waals surface area contributed by atoms with Gasteiger partial charge in [0.15, 0.2) is 23.3 Å². The second kappa shape index (κ2) is 10.5. The van der Waals surface area contributed by atoms with Crippen LogP contribution in [-0.4, -0.2) is 34.6 Å². The molecule has 1 atom stereocenters. The summed E-state index contributed by atoms with van der Waals surface area (Å²) in [5.74, 6) is 1.90. The fourth-order valence-electron chi connectivity index (χ4n) is 4.45. The van der Waals surface area contributed by atoms with E-state index in [2.05, 4.69) is 40.2 Å². The monoisotopic (exact) mass is 471 g/mol. The number of benzene rings is 1. The Morgan fingerprint density at radius 1 is 1.33 bits per heavy atom. The average Bonchev–Trinajstić information content (AvgIpc) is 2.81. The molecule has 1 aromatic heterocycles. The van der Waals surface area contributed by atoms with Crippen molar-refractivity contribution in [1.29, 1.82) is 0 Å². The highest BCUT2D eigenvalue weighted by Gasteiger charge is 2.26. The standard InChI is InChI=1S/C23H33N7O2S/c1-2-20(33)14-4-9-18-17(12-14)28-21-19(32-18)13-30(23(31)29-21)16-7-5-15(6-8-16)26-10-3-11-27-22(24)25/h4,9,12-13,15-16,20,26,33H,2-3,5-8,10-11H2,1H3,(H4,24,25,27)(H,28,29,31). The van der Waals surface area contributed by atoms with Crippen LogP contribution >= 0.6 is 12.6 Å². The maximum Gasteiger partial charge on any atom is 0.350 e. The molecular weight excluding hydrogens is 438 g/mol. The van der Waals surface area contributed by atoms with Gasteiger partial charge in [0.2, 0.25) is 0 Å². The van der Waals surface area contributed by atoms with Gasteiger partial charge in [-0.1, -0.05) is 13.0 Å². The molecule has 1 aliphatic carbocycles. The predicted molar refractivity (Wildman–Crippen MR) is 135 cm³/mol. The molecule has 1 saturated carbocycles. The summed E-state index contributed by atoms with van der Waals surface area (Å²) < 4.78 is 7.83. The summed E-state index contributed by atoms with van der Waals surface area (Å²) in [7, 11) is 0. The topological polar surface area (TPSA) is 133 Å². The smallest absolute Gasteiger partial charge is 0.350 e. The van der Waals surface area contributed by atoms with E-state index in [0.717, 1.165) is 62.1 Å². The Labute approximate surface area is 199 Å². The lowest BCUT2D eigenvalue weighted by Crippen LogP contribution is -2.37. The summed E-state index contributed by atoms with van der Waals surface area (Å²) in [4.78, 5) is 21.1. The van der Waals surface area contributed by atoms with E-state index in [4.69, 9.17) is 16.2 Å². The minimum atomic E-state index is -0.251. The van der Waals surface area contributed by atoms with Crippen LogP contribution in [0.4, 0.5) is 11.5 Å². The number of hydrogen-bond donors (Lipinski definition) is 5. The SMILES string of the molecule is CCC(S)c1ccc2c(c1)Nc1nc(=O)n(C3CCC(NCCCN=C(N)N)CC3)cc1O2. The molecule has 2 heterocycles. The van der Waals surface area contributed by atoms with E-state index in [1.807, 2.05) is 18.2 Å². The van der Waals surface area contributed by atoms with Crippen molar-refractivity contribution in [3.05, 3.63) is 40.4 Å². The fraction of sp³-hybridized carbons (Fsp3) is 0.522. The molecule has 1 aromatic carbocycles. The van der Waals surface area contributed by atoms with E-state index in [-0.39, 0.29) is 22.9 Å². The highest BCUT2D eigenvalue weighted by molar-refractivity contribution is 7.80. The van der Waals surface area contributed by atoms with Crippen LogP contribution in [0.15, 0.2) is 34.2 Å². The molecule has 0 amide bonds. The molecule has 6 N–H and O–H groups in total. The molecule has 10 heteroatoms. The molecule has 178 valence electrons. The number of hydrogen-bond acceptors (Lipinski definition) is 7. The molecular formula is C23H33N7O2S. The van der Waals surface area contributed by atoms with Gasteiger partial charge in [-0.25, -0.2) is 4.79 Å². The molecule has 9 nitrogen and oxygen atoms in total. The quantitative estimate of drug-likeness (QED) is 0.147. The number of ether oxygens (including phenoxy) is 1. The number of guanidine groups is 1. The van der Waals surface area contributed by atoms with Crippen LogP contribution in [-0.2, 0) is 0 Å². The Hall–Kier alpha value is -2.72. The number of nitrogens with zero attached hydrogens (tertiary/aromatic N) is 3. The number of rotatable bonds is 8. The number of aliphatic imine (C=N–C) groups is 1. The number of anilines is 2. The van der Waals surface area contributed by atoms with Crippen LogP contribution in [0.1, 0.15) is 62.3 Å². The maximum absolute atomic E-state index is 12.8. The van der Waals surface area contributed by atoms with E-state index >= 15 is 0 Å². The van der Waals surface area contributed by atoms with Crippen LogP contribution in [0.2, 0.25) is 0 Å². The van der Waals surface area contributed by atoms with Gasteiger partial charge in [-0.15, -0.1) is 0 Å². The Kier molecular flexibility index (Phi) is 7.44. The molecule has 2 aromatic rings. The number of aromatic nitrogens is 2. The van der Waals surface area contributed by atoms with Crippen LogP contribution < -0.4 is 32.5 Å². The molecule has 1 unspecified atom stereocenters. The predicted octanol–water partition coefficient (Wildman–Crippen LogP) is 3.21. The summed E-state index contributed by atoms with van der Waals surface area (Å²) in [6, 6.07) is 6.55. The zero-order valence-electron chi connectivity index (χ0n) is 19.0. The summed E-state index contributed by atoms with van der Waals surface area (Å²) in [6.07, 6.45) is 7.46. The summed E-state index contributed by atoms with van der Waals surface area (Å²) >= 11 is 4.62. The Morgan fingerprint density at radius 3 is 2.85 bits per heavy atom. The third-order valence-corrected chi connectivity index (χ3v) is 6.98. The highest BCUT2D eigenvalue weighted by atomic mass is 32.1. The van der Waals surface area contributed by atoms with Crippen molar-refractivity contribution in [1.82, 2.24) is 14.9 Å². The van der Waals surface area contributed by atoms with E-state index < -0.39 is 0 Å². The van der Waals surface area contributed by atoms with Gasteiger partial charge >= 0.3 is 5.69 Å². The lowest BCUT2D eigenvalue weighted by molar-refractivity contribution is 0.283. The lowest BCUT2D eigenvalue weighted by Gasteiger charge is -2.31. The zero-order chi connectivity index (χ0) is 23.4. The zero-order valence-corrected chi connectivity index (χ0v) is 19.9. The van der Waals surface area contributed by atoms with Crippen molar-refractivity contribution in [2.24, 2.45) is 16.5 Å². The molecule has 1 aliphatic heterocycles. The first-order valence-corrected chi connectivity index (χ1v) is 12.1. The lowest BCUT2D eigenvalue weighted by atomic mass is 9.91. The molecule has 4 rings (SSSR count). The van der Waals surface area contributed by atoms with Gasteiger partial charge in [0.1, 0.15) is 0 Å². The van der Waals surface area contributed by atoms with E-state index in [1.54, 1.807) is 10.8 Å². The third kappa shape index (κ3) is 5.62. The minimum Gasteiger partial charge on any atom is -0.450 e. The van der Waals surface area contributed by atoms with Gasteiger partial charge in [-0.05, 0) is 62.8 Å². The molecule has 0 spiro atoms. The second-order valence-corrected chi connectivity index (χ2v) is 9.29. The Bertz CT molecular complexity index is 1060. The Morgan fingerprint density at radius 2 is 2.12 bits per heavy atom. The van der Waals surface area contributed by atoms with E-state index in [9.17, 15) is 4.79 Å². The molecule has 0 saturated heterocycles. The third-order valence-electron chi connectivity index (χ3n) is 6.32. The number of nitrogens with two attached hydrogens (primary N) is 2. The summed E-state index contributed by atoms with van der Waals surface area (Å²) in [5.41, 5.74) is 12.4. The van der Waals surface area contributed by atoms with Gasteiger partial charge in [-0.3, -0.25) is 9.56 Å². The molecule has 1 fully saturated rings. The van der Waals surface area contributed by atoms with Gasteiger partial charge in [0, 0.05) is 23.9 Å². The van der Waals surface area contributed by atoms with Crippen molar-refractivity contribution < 1.29 is 4.74 Å². The first kappa shape index (κ1) is 23.4. The summed E-state index contributed by atoms with van der Waals surface area (Å²) in [6.45, 7) is 3.60. The largest absolute Gasteiger partial charge is 0.450 e. The molecule has 2 aliphatic rings. The normalized spacial score (nSPS) is 20.1. The first-order valence-electron chi connectivity index (χ1n) is 11.6. The molecule has 0 bridgehead atoms. The summed E-state index contributed by atoms with van der Waals surface area (Å²) in [5, 5.41) is 6.98. The van der Waals surface area contributed by atoms with Crippen LogP contribution in [0, 0.1) is 0 Å². The second-order valence-electron chi connectivity index (χ2n) is 8.67. The van der Waals surface area contributed by atoms with Crippen molar-refractivity contribution in [3.8, 4) is 11.5 Å². The van der Waals surface area contributed by atoms with Crippen LogP contribution in [0.25, 0.3) is 0 Å². The Balaban J connectivity index is 1.37. The van der Waals surface area contributed by atoms with Gasteiger partial charge in [0.25, 0.3) is 0 Å². The minimum absolute atomic E-state index is 0.122. The van der Waals surface area contributed by atoms with Crippen molar-refractivity contribution in [2.45, 2.75) is 62.8 Å². The molecule has 33 heavy (non-hydrogen) atoms. The van der Waals surface area contributed by atoms with Gasteiger partial charge in [-0.2, -0.15) is 17.6 Å². The van der Waals surface area contributed by atoms with Crippen molar-refractivity contribution in [2.75, 3.05) is 18.4 Å². The van der Waals surface area contributed by atoms with Crippen LogP contribution in [0.5, 0.6) is 11.5 Å². The number of fused-ring (bicyclic) bond motifs is 2. The van der Waals surface area contributed by atoms with Gasteiger partial charge < -0.3 is 26.8 Å². The van der Waals surface area contributed by atoms with Crippen LogP contribution in [0.3, 0.4) is 0 Å². The van der Waals surface area contributed by atoms with E-state index in [1.165, 1.54) is 0 Å².